The van der Waals surface area contributed by atoms with Gasteiger partial charge in [-0.25, -0.2) is 4.98 Å². The first-order valence-electron chi connectivity index (χ1n) is 9.60. The van der Waals surface area contributed by atoms with Gasteiger partial charge in [0.1, 0.15) is 5.75 Å². The number of anilines is 2. The number of carbonyl (C=O) groups excluding carboxylic acids is 1. The summed E-state index contributed by atoms with van der Waals surface area (Å²) in [6.07, 6.45) is 0. The highest BCUT2D eigenvalue weighted by Crippen LogP contribution is 2.25. The maximum atomic E-state index is 13.3. The van der Waals surface area contributed by atoms with Crippen LogP contribution in [0.15, 0.2) is 76.7 Å². The van der Waals surface area contributed by atoms with E-state index in [0.717, 1.165) is 11.8 Å². The van der Waals surface area contributed by atoms with E-state index < -0.39 is 0 Å². The molecule has 0 aliphatic heterocycles. The lowest BCUT2D eigenvalue weighted by Crippen LogP contribution is -2.23. The van der Waals surface area contributed by atoms with Crippen LogP contribution in [-0.2, 0) is 4.79 Å². The van der Waals surface area contributed by atoms with Crippen molar-refractivity contribution in [1.82, 2.24) is 9.55 Å². The van der Waals surface area contributed by atoms with Gasteiger partial charge in [0.25, 0.3) is 5.56 Å². The van der Waals surface area contributed by atoms with E-state index in [1.807, 2.05) is 0 Å². The molecule has 0 radical (unpaired) electrons. The van der Waals surface area contributed by atoms with E-state index in [-0.39, 0.29) is 17.2 Å². The monoisotopic (exact) mass is 466 g/mol. The number of methoxy groups -OCH3 is 1. The zero-order chi connectivity index (χ0) is 22.7. The van der Waals surface area contributed by atoms with Crippen molar-refractivity contribution in [2.75, 3.05) is 23.9 Å². The lowest BCUT2D eigenvalue weighted by atomic mass is 10.2. The Labute approximate surface area is 193 Å². The Hall–Kier alpha value is -3.49. The Kier molecular flexibility index (Phi) is 6.34. The highest BCUT2D eigenvalue weighted by Gasteiger charge is 2.16. The Bertz CT molecular complexity index is 1370. The van der Waals surface area contributed by atoms with E-state index in [1.165, 1.54) is 4.57 Å². The molecule has 162 valence electrons. The summed E-state index contributed by atoms with van der Waals surface area (Å²) < 4.78 is 6.71. The Morgan fingerprint density at radius 3 is 2.72 bits per heavy atom. The maximum absolute atomic E-state index is 13.3. The van der Waals surface area contributed by atoms with Crippen LogP contribution in [0.1, 0.15) is 0 Å². The molecule has 0 spiro atoms. The van der Waals surface area contributed by atoms with Crippen molar-refractivity contribution in [1.29, 1.82) is 0 Å². The number of hydrogen-bond acceptors (Lipinski definition) is 6. The molecule has 1 heterocycles. The van der Waals surface area contributed by atoms with Gasteiger partial charge in [-0.2, -0.15) is 0 Å². The van der Waals surface area contributed by atoms with Crippen LogP contribution in [-0.4, -0.2) is 28.3 Å². The van der Waals surface area contributed by atoms with Crippen molar-refractivity contribution in [3.63, 3.8) is 0 Å². The Balaban J connectivity index is 1.72. The van der Waals surface area contributed by atoms with E-state index in [0.29, 0.717) is 43.9 Å². The van der Waals surface area contributed by atoms with Crippen molar-refractivity contribution in [3.8, 4) is 11.4 Å². The first kappa shape index (κ1) is 21.7. The van der Waals surface area contributed by atoms with E-state index in [2.05, 4.69) is 10.3 Å². The molecule has 0 aliphatic carbocycles. The summed E-state index contributed by atoms with van der Waals surface area (Å²) >= 11 is 7.29. The number of hydrogen-bond donors (Lipinski definition) is 2. The number of nitrogens with two attached hydrogens (primary N) is 1. The summed E-state index contributed by atoms with van der Waals surface area (Å²) in [5.41, 5.74) is 7.66. The van der Waals surface area contributed by atoms with Crippen LogP contribution in [0.5, 0.6) is 5.75 Å². The molecule has 1 amide bonds. The average Bonchev–Trinajstić information content (AvgIpc) is 2.79. The van der Waals surface area contributed by atoms with Gasteiger partial charge in [0.2, 0.25) is 5.91 Å². The Morgan fingerprint density at radius 2 is 1.97 bits per heavy atom. The molecule has 4 rings (SSSR count). The molecule has 3 N–H and O–H groups in total. The lowest BCUT2D eigenvalue weighted by Gasteiger charge is -2.14. The summed E-state index contributed by atoms with van der Waals surface area (Å²) in [5, 5.41) is 4.04. The number of halogens is 1. The minimum Gasteiger partial charge on any atom is -0.497 e. The van der Waals surface area contributed by atoms with Crippen LogP contribution in [0.25, 0.3) is 16.6 Å². The molecule has 0 fully saturated rings. The molecule has 9 heteroatoms. The van der Waals surface area contributed by atoms with Crippen LogP contribution < -0.4 is 21.3 Å². The summed E-state index contributed by atoms with van der Waals surface area (Å²) in [6, 6.07) is 19.0. The molecule has 0 aliphatic rings. The second-order valence-electron chi connectivity index (χ2n) is 6.82. The topological polar surface area (TPSA) is 99.2 Å². The third-order valence-corrected chi connectivity index (χ3v) is 5.85. The zero-order valence-electron chi connectivity index (χ0n) is 17.0. The number of fused-ring (bicyclic) bond motifs is 1. The number of thioether (sulfide) groups is 1. The van der Waals surface area contributed by atoms with Crippen molar-refractivity contribution < 1.29 is 9.53 Å². The second kappa shape index (κ2) is 9.33. The van der Waals surface area contributed by atoms with Gasteiger partial charge in [-0.1, -0.05) is 41.6 Å². The number of nitrogens with zero attached hydrogens (tertiary/aromatic N) is 2. The van der Waals surface area contributed by atoms with Crippen LogP contribution in [0.3, 0.4) is 0 Å². The number of rotatable bonds is 6. The summed E-state index contributed by atoms with van der Waals surface area (Å²) in [7, 11) is 1.55. The molecule has 0 saturated heterocycles. The van der Waals surface area contributed by atoms with Gasteiger partial charge in [0, 0.05) is 11.1 Å². The molecular formula is C23H19ClN4O3S. The van der Waals surface area contributed by atoms with Gasteiger partial charge in [0.05, 0.1) is 40.8 Å². The molecule has 0 unspecified atom stereocenters. The average molecular weight is 467 g/mol. The number of nitrogens with one attached hydrogen (secondary N) is 1. The standard InChI is InChI=1S/C23H19ClN4O3S/c1-31-16-9-10-17-20(12-16)27-23(28(22(17)30)15-6-4-5-14(24)11-15)32-13-21(29)26-19-8-3-2-7-18(19)25/h2-12H,13,25H2,1H3,(H,26,29). The summed E-state index contributed by atoms with van der Waals surface area (Å²) in [5.74, 6) is 0.334. The number of carbonyl (C=O) groups is 1. The quantitative estimate of drug-likeness (QED) is 0.249. The van der Waals surface area contributed by atoms with Crippen molar-refractivity contribution in [2.45, 2.75) is 5.16 Å². The second-order valence-corrected chi connectivity index (χ2v) is 8.20. The molecule has 7 nitrogen and oxygen atoms in total. The van der Waals surface area contributed by atoms with E-state index in [1.54, 1.807) is 73.8 Å². The fourth-order valence-corrected chi connectivity index (χ4v) is 4.14. The molecule has 0 atom stereocenters. The first-order valence-corrected chi connectivity index (χ1v) is 11.0. The Morgan fingerprint density at radius 1 is 1.16 bits per heavy atom. The van der Waals surface area contributed by atoms with Gasteiger partial charge in [-0.3, -0.25) is 14.2 Å². The molecule has 0 saturated carbocycles. The molecule has 0 bridgehead atoms. The zero-order valence-corrected chi connectivity index (χ0v) is 18.6. The van der Waals surface area contributed by atoms with Crippen molar-refractivity contribution >= 4 is 51.5 Å². The van der Waals surface area contributed by atoms with Crippen LogP contribution in [0, 0.1) is 0 Å². The smallest absolute Gasteiger partial charge is 0.266 e. The number of benzene rings is 3. The molecule has 32 heavy (non-hydrogen) atoms. The summed E-state index contributed by atoms with van der Waals surface area (Å²) in [4.78, 5) is 30.5. The third kappa shape index (κ3) is 4.56. The van der Waals surface area contributed by atoms with Crippen LogP contribution in [0.4, 0.5) is 11.4 Å². The van der Waals surface area contributed by atoms with Gasteiger partial charge in [0.15, 0.2) is 5.16 Å². The summed E-state index contributed by atoms with van der Waals surface area (Å²) in [6.45, 7) is 0. The molecule has 3 aromatic carbocycles. The van der Waals surface area contributed by atoms with Gasteiger partial charge in [-0.05, 0) is 42.5 Å². The van der Waals surface area contributed by atoms with Crippen LogP contribution >= 0.6 is 23.4 Å². The minimum atomic E-state index is -0.273. The fraction of sp³-hybridized carbons (Fsp3) is 0.0870. The number of amides is 1. The van der Waals surface area contributed by atoms with E-state index >= 15 is 0 Å². The predicted molar refractivity (Wildman–Crippen MR) is 129 cm³/mol. The highest BCUT2D eigenvalue weighted by atomic mass is 35.5. The maximum Gasteiger partial charge on any atom is 0.266 e. The fourth-order valence-electron chi connectivity index (χ4n) is 3.14. The number of para-hydroxylation sites is 2. The predicted octanol–water partition coefficient (Wildman–Crippen LogP) is 4.36. The number of nitrogen functional groups attached to an aromatic ring is 1. The molecule has 4 aromatic rings. The van der Waals surface area contributed by atoms with Crippen LogP contribution in [0.2, 0.25) is 5.02 Å². The lowest BCUT2D eigenvalue weighted by molar-refractivity contribution is -0.113. The highest BCUT2D eigenvalue weighted by molar-refractivity contribution is 7.99. The van der Waals surface area contributed by atoms with Gasteiger partial charge >= 0.3 is 0 Å². The number of aromatic nitrogens is 2. The van der Waals surface area contributed by atoms with E-state index in [4.69, 9.17) is 22.1 Å². The van der Waals surface area contributed by atoms with E-state index in [9.17, 15) is 9.59 Å². The SMILES string of the molecule is COc1ccc2c(=O)n(-c3cccc(Cl)c3)c(SCC(=O)Nc3ccccc3N)nc2c1. The molecule has 1 aromatic heterocycles. The van der Waals surface area contributed by atoms with Gasteiger partial charge < -0.3 is 15.8 Å². The normalized spacial score (nSPS) is 10.8. The first-order chi connectivity index (χ1) is 15.5. The minimum absolute atomic E-state index is 0.0246. The van der Waals surface area contributed by atoms with Gasteiger partial charge in [-0.15, -0.1) is 0 Å². The molecular weight excluding hydrogens is 448 g/mol. The number of ether oxygens (including phenoxy) is 1. The van der Waals surface area contributed by atoms with Crippen molar-refractivity contribution in [3.05, 3.63) is 82.1 Å². The van der Waals surface area contributed by atoms with Crippen molar-refractivity contribution in [2.24, 2.45) is 0 Å². The largest absolute Gasteiger partial charge is 0.497 e. The third-order valence-electron chi connectivity index (χ3n) is 4.68.